The predicted molar refractivity (Wildman–Crippen MR) is 99.1 cm³/mol. The number of thiol groups is 1. The first-order valence-electron chi connectivity index (χ1n) is 8.37. The van der Waals surface area contributed by atoms with Crippen LogP contribution in [0.3, 0.4) is 0 Å². The van der Waals surface area contributed by atoms with Gasteiger partial charge < -0.3 is 4.90 Å². The van der Waals surface area contributed by atoms with Crippen molar-refractivity contribution in [1.82, 2.24) is 4.90 Å². The van der Waals surface area contributed by atoms with Crippen LogP contribution < -0.4 is 0 Å². The monoisotopic (exact) mass is 311 g/mol. The van der Waals surface area contributed by atoms with E-state index in [4.69, 9.17) is 0 Å². The van der Waals surface area contributed by atoms with Crippen LogP contribution >= 0.6 is 12.6 Å². The second kappa shape index (κ2) is 7.85. The molecule has 22 heavy (non-hydrogen) atoms. The summed E-state index contributed by atoms with van der Waals surface area (Å²) in [6.45, 7) is 3.81. The lowest BCUT2D eigenvalue weighted by molar-refractivity contribution is 0.325. The van der Waals surface area contributed by atoms with Gasteiger partial charge in [-0.3, -0.25) is 0 Å². The van der Waals surface area contributed by atoms with Crippen molar-refractivity contribution in [2.75, 3.05) is 19.6 Å². The van der Waals surface area contributed by atoms with Gasteiger partial charge >= 0.3 is 0 Å². The van der Waals surface area contributed by atoms with Crippen LogP contribution in [0.4, 0.5) is 0 Å². The summed E-state index contributed by atoms with van der Waals surface area (Å²) in [6.07, 6.45) is 25.0. The van der Waals surface area contributed by atoms with Gasteiger partial charge in [0.15, 0.2) is 0 Å². The Labute approximate surface area is 139 Å². The quantitative estimate of drug-likeness (QED) is 0.727. The Kier molecular flexibility index (Phi) is 5.58. The zero-order valence-electron chi connectivity index (χ0n) is 13.1. The third-order valence-electron chi connectivity index (χ3n) is 4.55. The van der Waals surface area contributed by atoms with Gasteiger partial charge in [-0.15, -0.1) is 12.6 Å². The molecule has 0 spiro atoms. The summed E-state index contributed by atoms with van der Waals surface area (Å²) in [7, 11) is 0. The van der Waals surface area contributed by atoms with Crippen molar-refractivity contribution in [1.29, 1.82) is 0 Å². The number of hydrogen-bond donors (Lipinski definition) is 1. The van der Waals surface area contributed by atoms with Crippen LogP contribution in [0.25, 0.3) is 0 Å². The highest BCUT2D eigenvalue weighted by atomic mass is 32.1. The second-order valence-electron chi connectivity index (χ2n) is 6.25. The Balaban J connectivity index is 1.61. The molecule has 2 aliphatic carbocycles. The van der Waals surface area contributed by atoms with Gasteiger partial charge in [0.1, 0.15) is 0 Å². The molecular formula is C20H25NS. The second-order valence-corrected chi connectivity index (χ2v) is 6.83. The first kappa shape index (κ1) is 15.6. The van der Waals surface area contributed by atoms with Crippen LogP contribution in [0.5, 0.6) is 0 Å². The van der Waals surface area contributed by atoms with E-state index in [1.54, 1.807) is 0 Å². The lowest BCUT2D eigenvalue weighted by Gasteiger charge is -2.16. The Morgan fingerprint density at radius 2 is 1.82 bits per heavy atom. The third-order valence-corrected chi connectivity index (χ3v) is 4.88. The van der Waals surface area contributed by atoms with Gasteiger partial charge in [-0.2, -0.15) is 0 Å². The smallest absolute Gasteiger partial charge is 0.00101 e. The minimum absolute atomic E-state index is 0.556. The lowest BCUT2D eigenvalue weighted by atomic mass is 10.0. The molecule has 0 N–H and O–H groups in total. The summed E-state index contributed by atoms with van der Waals surface area (Å²) < 4.78 is 0. The molecule has 0 bridgehead atoms. The number of likely N-dealkylation sites (tertiary alicyclic amines) is 1. The molecule has 3 rings (SSSR count). The SMILES string of the molecule is SC1=CC=C(C2=CC=CC(CCN3CCCC3)C=C2)C=CC1. The summed E-state index contributed by atoms with van der Waals surface area (Å²) in [5.41, 5.74) is 2.56. The maximum atomic E-state index is 4.45. The molecule has 0 saturated carbocycles. The van der Waals surface area contributed by atoms with E-state index in [2.05, 4.69) is 72.2 Å². The molecule has 1 atom stereocenters. The molecule has 0 amide bonds. The van der Waals surface area contributed by atoms with E-state index in [-0.39, 0.29) is 0 Å². The topological polar surface area (TPSA) is 3.24 Å². The van der Waals surface area contributed by atoms with Gasteiger partial charge in [-0.25, -0.2) is 0 Å². The van der Waals surface area contributed by atoms with Crippen molar-refractivity contribution in [2.24, 2.45) is 5.92 Å². The van der Waals surface area contributed by atoms with Crippen LogP contribution in [-0.2, 0) is 0 Å². The molecule has 1 nitrogen and oxygen atoms in total. The van der Waals surface area contributed by atoms with E-state index in [9.17, 15) is 0 Å². The van der Waals surface area contributed by atoms with Crippen molar-refractivity contribution in [3.63, 3.8) is 0 Å². The van der Waals surface area contributed by atoms with Crippen molar-refractivity contribution in [2.45, 2.75) is 25.7 Å². The molecular weight excluding hydrogens is 286 g/mol. The molecule has 1 heterocycles. The van der Waals surface area contributed by atoms with Crippen molar-refractivity contribution < 1.29 is 0 Å². The Morgan fingerprint density at radius 3 is 2.68 bits per heavy atom. The fourth-order valence-electron chi connectivity index (χ4n) is 3.18. The molecule has 116 valence electrons. The number of hydrogen-bond acceptors (Lipinski definition) is 2. The first-order valence-corrected chi connectivity index (χ1v) is 8.82. The van der Waals surface area contributed by atoms with E-state index in [0.29, 0.717) is 5.92 Å². The average Bonchev–Trinajstić information content (AvgIpc) is 2.81. The molecule has 0 aromatic rings. The molecule has 0 radical (unpaired) electrons. The van der Waals surface area contributed by atoms with E-state index >= 15 is 0 Å². The van der Waals surface area contributed by atoms with E-state index < -0.39 is 0 Å². The minimum Gasteiger partial charge on any atom is -0.303 e. The largest absolute Gasteiger partial charge is 0.303 e. The van der Waals surface area contributed by atoms with Gasteiger partial charge in [0.25, 0.3) is 0 Å². The maximum absolute atomic E-state index is 4.45. The molecule has 1 saturated heterocycles. The Bertz CT molecular complexity index is 569. The van der Waals surface area contributed by atoms with Gasteiger partial charge in [0, 0.05) is 0 Å². The Hall–Kier alpha value is -1.25. The third kappa shape index (κ3) is 4.37. The first-order chi connectivity index (χ1) is 10.8. The van der Waals surface area contributed by atoms with Gasteiger partial charge in [0.2, 0.25) is 0 Å². The van der Waals surface area contributed by atoms with Crippen LogP contribution in [0, 0.1) is 5.92 Å². The fourth-order valence-corrected chi connectivity index (χ4v) is 3.36. The molecule has 0 aromatic carbocycles. The molecule has 1 unspecified atom stereocenters. The Morgan fingerprint density at radius 1 is 1.00 bits per heavy atom. The highest BCUT2D eigenvalue weighted by Crippen LogP contribution is 2.23. The molecule has 1 aliphatic heterocycles. The normalized spacial score (nSPS) is 25.5. The standard InChI is InChI=1S/C20H25NS/c22-20-8-4-7-19(11-12-20)18-6-3-5-17(9-10-18)13-16-21-14-1-2-15-21/h3-7,9-12,17,22H,1-2,8,13-16H2. The predicted octanol–water partition coefficient (Wildman–Crippen LogP) is 4.84. The number of nitrogens with zero attached hydrogens (tertiary/aromatic N) is 1. The zero-order chi connectivity index (χ0) is 15.2. The number of allylic oxidation sites excluding steroid dienone is 12. The highest BCUT2D eigenvalue weighted by Gasteiger charge is 2.13. The molecule has 2 heteroatoms. The summed E-state index contributed by atoms with van der Waals surface area (Å²) in [5.74, 6) is 0.556. The average molecular weight is 311 g/mol. The molecule has 3 aliphatic rings. The number of rotatable bonds is 4. The van der Waals surface area contributed by atoms with E-state index in [1.807, 2.05) is 0 Å². The fraction of sp³-hybridized carbons (Fsp3) is 0.400. The molecule has 0 aromatic heterocycles. The summed E-state index contributed by atoms with van der Waals surface area (Å²) in [5, 5.41) is 0. The lowest BCUT2D eigenvalue weighted by Crippen LogP contribution is -2.21. The van der Waals surface area contributed by atoms with Crippen LogP contribution in [0.2, 0.25) is 0 Å². The summed E-state index contributed by atoms with van der Waals surface area (Å²) >= 11 is 4.45. The van der Waals surface area contributed by atoms with Crippen LogP contribution in [0.15, 0.2) is 70.7 Å². The van der Waals surface area contributed by atoms with Crippen molar-refractivity contribution in [3.8, 4) is 0 Å². The molecule has 1 fully saturated rings. The van der Waals surface area contributed by atoms with Crippen molar-refractivity contribution in [3.05, 3.63) is 70.7 Å². The summed E-state index contributed by atoms with van der Waals surface area (Å²) in [4.78, 5) is 3.71. The van der Waals surface area contributed by atoms with Gasteiger partial charge in [-0.05, 0) is 67.3 Å². The highest BCUT2D eigenvalue weighted by molar-refractivity contribution is 7.84. The minimum atomic E-state index is 0.556. The van der Waals surface area contributed by atoms with E-state index in [1.165, 1.54) is 50.0 Å². The maximum Gasteiger partial charge on any atom is -0.00101 e. The van der Waals surface area contributed by atoms with Crippen LogP contribution in [-0.4, -0.2) is 24.5 Å². The summed E-state index contributed by atoms with van der Waals surface area (Å²) in [6, 6.07) is 0. The zero-order valence-corrected chi connectivity index (χ0v) is 14.0. The van der Waals surface area contributed by atoms with E-state index in [0.717, 1.165) is 11.3 Å². The van der Waals surface area contributed by atoms with Gasteiger partial charge in [0.05, 0.1) is 0 Å². The van der Waals surface area contributed by atoms with Crippen molar-refractivity contribution >= 4 is 12.6 Å². The van der Waals surface area contributed by atoms with Gasteiger partial charge in [-0.1, -0.05) is 54.7 Å². The van der Waals surface area contributed by atoms with Crippen LogP contribution in [0.1, 0.15) is 25.7 Å².